The number of carbonyl (C=O) groups excluding carboxylic acids is 2. The minimum absolute atomic E-state index is 0.132. The predicted molar refractivity (Wildman–Crippen MR) is 114 cm³/mol. The molecule has 0 atom stereocenters. The fraction of sp³-hybridized carbons (Fsp3) is 0.250. The molecule has 5 nitrogen and oxygen atoms in total. The van der Waals surface area contributed by atoms with Crippen LogP contribution in [0.3, 0.4) is 0 Å². The summed E-state index contributed by atoms with van der Waals surface area (Å²) in [6.07, 6.45) is 0.132. The smallest absolute Gasteiger partial charge is 0.310 e. The number of hydrogen-bond acceptors (Lipinski definition) is 4. The number of piperazine rings is 1. The van der Waals surface area contributed by atoms with Gasteiger partial charge in [0.25, 0.3) is 5.91 Å². The molecule has 30 heavy (non-hydrogen) atoms. The van der Waals surface area contributed by atoms with Crippen LogP contribution in [-0.2, 0) is 20.7 Å². The molecule has 0 aromatic heterocycles. The first-order chi connectivity index (χ1) is 14.6. The van der Waals surface area contributed by atoms with Crippen molar-refractivity contribution in [1.82, 2.24) is 4.90 Å². The average Bonchev–Trinajstić information content (AvgIpc) is 2.78. The molecule has 3 aromatic rings. The third-order valence-electron chi connectivity index (χ3n) is 5.40. The number of benzene rings is 3. The molecule has 1 saturated heterocycles. The summed E-state index contributed by atoms with van der Waals surface area (Å²) in [4.78, 5) is 28.5. The molecular weight excluding hydrogens is 383 g/mol. The highest BCUT2D eigenvalue weighted by Gasteiger charge is 2.22. The number of hydrogen-bond donors (Lipinski definition) is 0. The number of halogens is 1. The molecule has 1 aliphatic rings. The van der Waals surface area contributed by atoms with Gasteiger partial charge in [-0.05, 0) is 40.6 Å². The molecule has 0 saturated carbocycles. The topological polar surface area (TPSA) is 49.9 Å². The molecule has 3 aromatic carbocycles. The number of anilines is 1. The van der Waals surface area contributed by atoms with E-state index >= 15 is 0 Å². The molecule has 0 aliphatic carbocycles. The molecule has 6 heteroatoms. The summed E-state index contributed by atoms with van der Waals surface area (Å²) < 4.78 is 18.3. The summed E-state index contributed by atoms with van der Waals surface area (Å²) in [5.41, 5.74) is 1.82. The van der Waals surface area contributed by atoms with Crippen molar-refractivity contribution in [3.63, 3.8) is 0 Å². The number of amides is 1. The van der Waals surface area contributed by atoms with Gasteiger partial charge in [0, 0.05) is 31.9 Å². The van der Waals surface area contributed by atoms with Gasteiger partial charge in [-0.25, -0.2) is 4.39 Å². The van der Waals surface area contributed by atoms with Crippen molar-refractivity contribution in [2.24, 2.45) is 0 Å². The van der Waals surface area contributed by atoms with Crippen LogP contribution in [0.2, 0.25) is 0 Å². The van der Waals surface area contributed by atoms with Crippen LogP contribution < -0.4 is 4.90 Å². The summed E-state index contributed by atoms with van der Waals surface area (Å²) >= 11 is 0. The van der Waals surface area contributed by atoms with Gasteiger partial charge in [0.2, 0.25) is 0 Å². The average molecular weight is 406 g/mol. The number of carbonyl (C=O) groups is 2. The van der Waals surface area contributed by atoms with Crippen LogP contribution in [0.1, 0.15) is 5.56 Å². The molecule has 1 aliphatic heterocycles. The predicted octanol–water partition coefficient (Wildman–Crippen LogP) is 3.41. The van der Waals surface area contributed by atoms with Crippen molar-refractivity contribution in [1.29, 1.82) is 0 Å². The maximum absolute atomic E-state index is 13.1. The van der Waals surface area contributed by atoms with Gasteiger partial charge in [-0.15, -0.1) is 0 Å². The van der Waals surface area contributed by atoms with Gasteiger partial charge < -0.3 is 14.5 Å². The summed E-state index contributed by atoms with van der Waals surface area (Å²) in [7, 11) is 0. The Bertz CT molecular complexity index is 1040. The quantitative estimate of drug-likeness (QED) is 0.610. The molecule has 0 unspecified atom stereocenters. The van der Waals surface area contributed by atoms with E-state index in [9.17, 15) is 14.0 Å². The van der Waals surface area contributed by atoms with Gasteiger partial charge in [0.05, 0.1) is 6.42 Å². The first-order valence-electron chi connectivity index (χ1n) is 10.0. The highest BCUT2D eigenvalue weighted by Crippen LogP contribution is 2.19. The molecule has 1 amide bonds. The van der Waals surface area contributed by atoms with Gasteiger partial charge in [-0.2, -0.15) is 0 Å². The number of fused-ring (bicyclic) bond motifs is 1. The summed E-state index contributed by atoms with van der Waals surface area (Å²) in [5, 5.41) is 2.08. The Balaban J connectivity index is 1.26. The number of nitrogens with zero attached hydrogens (tertiary/aromatic N) is 2. The Morgan fingerprint density at radius 3 is 2.33 bits per heavy atom. The van der Waals surface area contributed by atoms with Crippen molar-refractivity contribution in [2.45, 2.75) is 6.42 Å². The van der Waals surface area contributed by atoms with Crippen molar-refractivity contribution in [3.05, 3.63) is 78.1 Å². The van der Waals surface area contributed by atoms with E-state index in [1.165, 1.54) is 12.1 Å². The Hall–Kier alpha value is -3.41. The second kappa shape index (κ2) is 8.95. The molecule has 0 radical (unpaired) electrons. The molecule has 0 spiro atoms. The van der Waals surface area contributed by atoms with Gasteiger partial charge in [0.15, 0.2) is 6.61 Å². The third-order valence-corrected chi connectivity index (χ3v) is 5.40. The molecular formula is C24H23FN2O3. The SMILES string of the molecule is O=C(Cc1cccc2ccccc12)OCC(=O)N1CCN(c2ccc(F)cc2)CC1. The Labute approximate surface area is 174 Å². The van der Waals surface area contributed by atoms with Gasteiger partial charge in [-0.1, -0.05) is 42.5 Å². The van der Waals surface area contributed by atoms with E-state index in [2.05, 4.69) is 4.90 Å². The largest absolute Gasteiger partial charge is 0.455 e. The van der Waals surface area contributed by atoms with Gasteiger partial charge in [-0.3, -0.25) is 9.59 Å². The number of rotatable bonds is 5. The molecule has 1 heterocycles. The second-order valence-electron chi connectivity index (χ2n) is 7.32. The molecule has 154 valence electrons. The van der Waals surface area contributed by atoms with Gasteiger partial charge >= 0.3 is 5.97 Å². The van der Waals surface area contributed by atoms with E-state index in [0.717, 1.165) is 22.0 Å². The highest BCUT2D eigenvalue weighted by molar-refractivity contribution is 5.89. The zero-order chi connectivity index (χ0) is 20.9. The van der Waals surface area contributed by atoms with E-state index in [4.69, 9.17) is 4.74 Å². The van der Waals surface area contributed by atoms with Crippen LogP contribution >= 0.6 is 0 Å². The van der Waals surface area contributed by atoms with Crippen LogP contribution in [0.4, 0.5) is 10.1 Å². The first-order valence-corrected chi connectivity index (χ1v) is 10.0. The standard InChI is InChI=1S/C24H23FN2O3/c25-20-8-10-21(11-9-20)26-12-14-27(15-13-26)23(28)17-30-24(29)16-19-6-3-5-18-4-1-2-7-22(18)19/h1-11H,12-17H2. The first kappa shape index (κ1) is 19.9. The molecule has 4 rings (SSSR count). The van der Waals surface area contributed by atoms with Crippen LogP contribution in [0.15, 0.2) is 66.7 Å². The third kappa shape index (κ3) is 4.59. The lowest BCUT2D eigenvalue weighted by atomic mass is 10.0. The summed E-state index contributed by atoms with van der Waals surface area (Å²) in [6.45, 7) is 2.14. The molecule has 0 bridgehead atoms. The minimum atomic E-state index is -0.412. The molecule has 1 fully saturated rings. The van der Waals surface area contributed by atoms with E-state index < -0.39 is 5.97 Å². The monoisotopic (exact) mass is 406 g/mol. The Kier molecular flexibility index (Phi) is 5.93. The zero-order valence-electron chi connectivity index (χ0n) is 16.6. The second-order valence-corrected chi connectivity index (χ2v) is 7.32. The Morgan fingerprint density at radius 2 is 1.57 bits per heavy atom. The maximum Gasteiger partial charge on any atom is 0.310 e. The lowest BCUT2D eigenvalue weighted by Gasteiger charge is -2.36. The van der Waals surface area contributed by atoms with E-state index in [0.29, 0.717) is 26.2 Å². The van der Waals surface area contributed by atoms with Crippen LogP contribution in [0.25, 0.3) is 10.8 Å². The van der Waals surface area contributed by atoms with Crippen LogP contribution in [-0.4, -0.2) is 49.6 Å². The summed E-state index contributed by atoms with van der Waals surface area (Å²) in [6, 6.07) is 20.0. The van der Waals surface area contributed by atoms with Crippen LogP contribution in [0, 0.1) is 5.82 Å². The lowest BCUT2D eigenvalue weighted by Crippen LogP contribution is -2.50. The normalized spacial score (nSPS) is 14.0. The molecule has 0 N–H and O–H groups in total. The van der Waals surface area contributed by atoms with Gasteiger partial charge in [0.1, 0.15) is 5.82 Å². The zero-order valence-corrected chi connectivity index (χ0v) is 16.6. The minimum Gasteiger partial charge on any atom is -0.455 e. The van der Waals surface area contributed by atoms with Crippen molar-refractivity contribution >= 4 is 28.3 Å². The fourth-order valence-corrected chi connectivity index (χ4v) is 3.75. The van der Waals surface area contributed by atoms with Crippen LogP contribution in [0.5, 0.6) is 0 Å². The van der Waals surface area contributed by atoms with E-state index in [1.54, 1.807) is 17.0 Å². The Morgan fingerprint density at radius 1 is 0.867 bits per heavy atom. The van der Waals surface area contributed by atoms with Crippen molar-refractivity contribution < 1.29 is 18.7 Å². The van der Waals surface area contributed by atoms with Crippen molar-refractivity contribution in [2.75, 3.05) is 37.7 Å². The lowest BCUT2D eigenvalue weighted by molar-refractivity contribution is -0.151. The van der Waals surface area contributed by atoms with E-state index in [-0.39, 0.29) is 24.8 Å². The van der Waals surface area contributed by atoms with Crippen molar-refractivity contribution in [3.8, 4) is 0 Å². The maximum atomic E-state index is 13.1. The summed E-state index contributed by atoms with van der Waals surface area (Å²) in [5.74, 6) is -0.873. The number of esters is 1. The number of ether oxygens (including phenoxy) is 1. The van der Waals surface area contributed by atoms with E-state index in [1.807, 2.05) is 42.5 Å². The highest BCUT2D eigenvalue weighted by atomic mass is 19.1. The fourth-order valence-electron chi connectivity index (χ4n) is 3.75.